The van der Waals surface area contributed by atoms with Crippen LogP contribution < -0.4 is 20.2 Å². The first-order chi connectivity index (χ1) is 28.5. The third kappa shape index (κ3) is 5.41. The Morgan fingerprint density at radius 2 is 0.948 bits per heavy atom. The third-order valence-electron chi connectivity index (χ3n) is 12.0. The van der Waals surface area contributed by atoms with Gasteiger partial charge in [0, 0.05) is 50.5 Å². The first kappa shape index (κ1) is 34.1. The molecule has 0 fully saturated rings. The van der Waals surface area contributed by atoms with E-state index in [0.29, 0.717) is 0 Å². The number of furan rings is 1. The number of rotatable bonds is 7. The fourth-order valence-electron chi connectivity index (χ4n) is 9.29. The van der Waals surface area contributed by atoms with Gasteiger partial charge in [-0.15, -0.1) is 0 Å². The molecule has 0 atom stereocenters. The molecule has 0 saturated carbocycles. The first-order valence-corrected chi connectivity index (χ1v) is 23.0. The lowest BCUT2D eigenvalue weighted by Gasteiger charge is -2.36. The molecule has 1 aliphatic rings. The molecule has 0 spiro atoms. The molecule has 0 N–H and O–H groups in total. The summed E-state index contributed by atoms with van der Waals surface area (Å²) in [6.45, 7) is 5.05. The fraction of sp³-hybridized carbons (Fsp3) is 0.0370. The molecule has 1 aromatic heterocycles. The fourth-order valence-corrected chi connectivity index (χ4v) is 12.4. The molecule has 9 aromatic carbocycles. The molecule has 11 rings (SSSR count). The molecule has 0 aliphatic carbocycles. The lowest BCUT2D eigenvalue weighted by atomic mass is 9.95. The van der Waals surface area contributed by atoms with Gasteiger partial charge in [-0.05, 0) is 99.2 Å². The van der Waals surface area contributed by atoms with E-state index in [-0.39, 0.29) is 0 Å². The number of hydrogen-bond donors (Lipinski definition) is 0. The maximum Gasteiger partial charge on any atom is 0.137 e. The summed E-state index contributed by atoms with van der Waals surface area (Å²) >= 11 is 0. The highest BCUT2D eigenvalue weighted by molar-refractivity contribution is 7.03. The van der Waals surface area contributed by atoms with Crippen LogP contribution in [-0.2, 0) is 0 Å². The van der Waals surface area contributed by atoms with E-state index in [0.717, 1.165) is 56.1 Å². The number of para-hydroxylation sites is 4. The number of fused-ring (bicyclic) bond motifs is 5. The first-order valence-electron chi connectivity index (χ1n) is 20.0. The van der Waals surface area contributed by atoms with Crippen LogP contribution in [0.1, 0.15) is 0 Å². The monoisotopic (exact) mass is 760 g/mol. The molecular weight excluding hydrogens is 721 g/mol. The van der Waals surface area contributed by atoms with Crippen LogP contribution >= 0.6 is 0 Å². The summed E-state index contributed by atoms with van der Waals surface area (Å²) < 4.78 is 6.42. The highest BCUT2D eigenvalue weighted by atomic mass is 28.3. The van der Waals surface area contributed by atoms with Gasteiger partial charge in [0.2, 0.25) is 0 Å². The van der Waals surface area contributed by atoms with Crippen LogP contribution in [0.25, 0.3) is 55.0 Å². The predicted octanol–water partition coefficient (Wildman–Crippen LogP) is 14.1. The Bertz CT molecular complexity index is 3150. The summed E-state index contributed by atoms with van der Waals surface area (Å²) in [4.78, 5) is 4.83. The van der Waals surface area contributed by atoms with Crippen LogP contribution in [0.5, 0.6) is 0 Å². The molecule has 0 radical (unpaired) electrons. The van der Waals surface area contributed by atoms with Crippen molar-refractivity contribution in [3.05, 3.63) is 206 Å². The van der Waals surface area contributed by atoms with Gasteiger partial charge < -0.3 is 14.2 Å². The van der Waals surface area contributed by atoms with Crippen LogP contribution in [-0.4, -0.2) is 8.07 Å². The number of benzene rings is 9. The molecule has 0 bridgehead atoms. The van der Waals surface area contributed by atoms with Crippen molar-refractivity contribution in [1.29, 1.82) is 0 Å². The largest absolute Gasteiger partial charge is 0.456 e. The van der Waals surface area contributed by atoms with Crippen molar-refractivity contribution in [3.8, 4) is 22.3 Å². The average molecular weight is 761 g/mol. The highest BCUT2D eigenvalue weighted by Gasteiger charge is 2.37. The van der Waals surface area contributed by atoms with Gasteiger partial charge in [-0.1, -0.05) is 147 Å². The smallest absolute Gasteiger partial charge is 0.137 e. The van der Waals surface area contributed by atoms with E-state index in [9.17, 15) is 0 Å². The van der Waals surface area contributed by atoms with Crippen LogP contribution in [0, 0.1) is 0 Å². The summed E-state index contributed by atoms with van der Waals surface area (Å²) in [5, 5.41) is 7.79. The highest BCUT2D eigenvalue weighted by Crippen LogP contribution is 2.46. The van der Waals surface area contributed by atoms with Crippen LogP contribution in [0.3, 0.4) is 0 Å². The van der Waals surface area contributed by atoms with Crippen molar-refractivity contribution in [3.63, 3.8) is 0 Å². The van der Waals surface area contributed by atoms with Crippen molar-refractivity contribution >= 4 is 85.3 Å². The quantitative estimate of drug-likeness (QED) is 0.151. The zero-order valence-corrected chi connectivity index (χ0v) is 33.4. The Morgan fingerprint density at radius 1 is 0.362 bits per heavy atom. The maximum absolute atomic E-state index is 6.42. The zero-order valence-electron chi connectivity index (χ0n) is 32.4. The van der Waals surface area contributed by atoms with Crippen molar-refractivity contribution in [2.24, 2.45) is 0 Å². The van der Waals surface area contributed by atoms with Gasteiger partial charge in [0.1, 0.15) is 19.2 Å². The van der Waals surface area contributed by atoms with E-state index in [1.165, 1.54) is 43.4 Å². The predicted molar refractivity (Wildman–Crippen MR) is 248 cm³/mol. The normalized spacial score (nSPS) is 12.8. The Balaban J connectivity index is 1.09. The van der Waals surface area contributed by atoms with E-state index in [4.69, 9.17) is 4.42 Å². The molecule has 2 heterocycles. The standard InChI is InChI=1S/C54H40N2OSi/c1-58(2)52-28-16-25-47-49(55(38-19-8-4-9-20-38)40-29-31-44-43-24-13-15-27-50(43)57-51(44)35-40)34-33-46(54(47)52)45-32-30-41(36-53(45)58)56(39-21-10-5-11-22-39)48-26-14-12-23-42(48)37-17-6-3-7-18-37/h3-36H,1-2H3. The molecule has 0 saturated heterocycles. The molecule has 10 aromatic rings. The van der Waals surface area contributed by atoms with Gasteiger partial charge in [0.05, 0.1) is 11.4 Å². The molecule has 58 heavy (non-hydrogen) atoms. The molecule has 4 heteroatoms. The van der Waals surface area contributed by atoms with Crippen molar-refractivity contribution in [1.82, 2.24) is 0 Å². The minimum absolute atomic E-state index is 0.886. The lowest BCUT2D eigenvalue weighted by molar-refractivity contribution is 0.669. The summed E-state index contributed by atoms with van der Waals surface area (Å²) in [5.41, 5.74) is 13.6. The van der Waals surface area contributed by atoms with Crippen LogP contribution in [0.2, 0.25) is 13.1 Å². The molecule has 3 nitrogen and oxygen atoms in total. The van der Waals surface area contributed by atoms with Gasteiger partial charge >= 0.3 is 0 Å². The Morgan fingerprint density at radius 3 is 1.72 bits per heavy atom. The second-order valence-electron chi connectivity index (χ2n) is 15.7. The summed E-state index contributed by atoms with van der Waals surface area (Å²) in [7, 11) is -2.25. The van der Waals surface area contributed by atoms with E-state index in [1.54, 1.807) is 0 Å². The zero-order chi connectivity index (χ0) is 38.8. The van der Waals surface area contributed by atoms with Crippen molar-refractivity contribution in [2.45, 2.75) is 13.1 Å². The van der Waals surface area contributed by atoms with Crippen molar-refractivity contribution in [2.75, 3.05) is 9.80 Å². The summed E-state index contributed by atoms with van der Waals surface area (Å²) in [6.07, 6.45) is 0. The topological polar surface area (TPSA) is 19.6 Å². The molecule has 0 unspecified atom stereocenters. The Kier molecular flexibility index (Phi) is 7.95. The van der Waals surface area contributed by atoms with Gasteiger partial charge in [-0.25, -0.2) is 0 Å². The second-order valence-corrected chi connectivity index (χ2v) is 20.0. The molecular formula is C54H40N2OSi. The Labute approximate surface area is 339 Å². The number of nitrogens with zero attached hydrogens (tertiary/aromatic N) is 2. The van der Waals surface area contributed by atoms with Crippen molar-refractivity contribution < 1.29 is 4.42 Å². The van der Waals surface area contributed by atoms with Crippen LogP contribution in [0.15, 0.2) is 211 Å². The van der Waals surface area contributed by atoms with E-state index in [1.807, 2.05) is 12.1 Å². The van der Waals surface area contributed by atoms with Crippen LogP contribution in [0.4, 0.5) is 34.1 Å². The minimum atomic E-state index is -2.25. The molecule has 276 valence electrons. The van der Waals surface area contributed by atoms with E-state index >= 15 is 0 Å². The van der Waals surface area contributed by atoms with Gasteiger partial charge in [-0.3, -0.25) is 0 Å². The van der Waals surface area contributed by atoms with Gasteiger partial charge in [0.25, 0.3) is 0 Å². The second kappa shape index (κ2) is 13.5. The van der Waals surface area contributed by atoms with Gasteiger partial charge in [0.15, 0.2) is 0 Å². The third-order valence-corrected chi connectivity index (χ3v) is 15.6. The molecule has 1 aliphatic heterocycles. The molecule has 0 amide bonds. The maximum atomic E-state index is 6.42. The number of anilines is 6. The van der Waals surface area contributed by atoms with Gasteiger partial charge in [-0.2, -0.15) is 0 Å². The summed E-state index contributed by atoms with van der Waals surface area (Å²) in [6, 6.07) is 74.8. The minimum Gasteiger partial charge on any atom is -0.456 e. The summed E-state index contributed by atoms with van der Waals surface area (Å²) in [5.74, 6) is 0. The number of hydrogen-bond acceptors (Lipinski definition) is 3. The SMILES string of the molecule is C[Si]1(C)c2cc(N(c3ccccc3)c3ccccc3-c3ccccc3)ccc2-c2ccc(N(c3ccccc3)c3ccc4c(c3)oc3ccccc34)c3cccc1c23. The van der Waals surface area contributed by atoms with E-state index < -0.39 is 8.07 Å². The average Bonchev–Trinajstić information content (AvgIpc) is 3.65. The Hall–Kier alpha value is -7.14. The lowest BCUT2D eigenvalue weighted by Crippen LogP contribution is -2.56. The van der Waals surface area contributed by atoms with E-state index in [2.05, 4.69) is 217 Å².